The fourth-order valence-corrected chi connectivity index (χ4v) is 1.05. The Morgan fingerprint density at radius 3 is 2.64 bits per heavy atom. The summed E-state index contributed by atoms with van der Waals surface area (Å²) in [6.45, 7) is 3.72. The molecule has 66 valence electrons. The minimum absolute atomic E-state index is 0.271. The van der Waals surface area contributed by atoms with Crippen molar-refractivity contribution in [1.29, 1.82) is 0 Å². The van der Waals surface area contributed by atoms with Gasteiger partial charge in [0.15, 0.2) is 0 Å². The van der Waals surface area contributed by atoms with E-state index in [0.29, 0.717) is 6.10 Å². The first-order valence-corrected chi connectivity index (χ1v) is 4.20. The molecule has 0 aromatic heterocycles. The Labute approximate surface area is 68.3 Å². The smallest absolute Gasteiger partial charge is 0.0667 e. The molecule has 1 saturated carbocycles. The summed E-state index contributed by atoms with van der Waals surface area (Å²) in [4.78, 5) is 0. The Balaban J connectivity index is 2.11. The van der Waals surface area contributed by atoms with Gasteiger partial charge in [0.05, 0.1) is 6.10 Å². The van der Waals surface area contributed by atoms with Crippen LogP contribution in [-0.4, -0.2) is 31.8 Å². The Morgan fingerprint density at radius 1 is 1.64 bits per heavy atom. The zero-order valence-electron chi connectivity index (χ0n) is 7.39. The van der Waals surface area contributed by atoms with E-state index in [0.717, 1.165) is 13.1 Å². The Hall–Kier alpha value is -0.120. The first kappa shape index (κ1) is 8.97. The molecule has 0 aromatic carbocycles. The summed E-state index contributed by atoms with van der Waals surface area (Å²) < 4.78 is 5.11. The van der Waals surface area contributed by atoms with Gasteiger partial charge in [-0.15, -0.1) is 0 Å². The average molecular weight is 158 g/mol. The first-order chi connectivity index (χ1) is 5.22. The molecule has 0 spiro atoms. The maximum Gasteiger partial charge on any atom is 0.0667 e. The van der Waals surface area contributed by atoms with E-state index in [4.69, 9.17) is 10.5 Å². The maximum absolute atomic E-state index is 5.59. The third-order valence-corrected chi connectivity index (χ3v) is 2.41. The summed E-state index contributed by atoms with van der Waals surface area (Å²) in [5, 5.41) is 3.42. The van der Waals surface area contributed by atoms with Crippen LogP contribution >= 0.6 is 0 Å². The van der Waals surface area contributed by atoms with Gasteiger partial charge >= 0.3 is 0 Å². The molecule has 0 amide bonds. The van der Waals surface area contributed by atoms with E-state index in [2.05, 4.69) is 12.2 Å². The number of hydrogen-bond acceptors (Lipinski definition) is 3. The van der Waals surface area contributed by atoms with Crippen LogP contribution in [0.4, 0.5) is 0 Å². The van der Waals surface area contributed by atoms with Crippen molar-refractivity contribution in [2.45, 2.75) is 31.4 Å². The molecule has 1 rings (SSSR count). The molecule has 1 unspecified atom stereocenters. The summed E-state index contributed by atoms with van der Waals surface area (Å²) in [7, 11) is 1.73. The summed E-state index contributed by atoms with van der Waals surface area (Å²) >= 11 is 0. The molecule has 0 radical (unpaired) electrons. The van der Waals surface area contributed by atoms with Gasteiger partial charge in [-0.05, 0) is 19.8 Å². The normalized spacial score (nSPS) is 23.2. The quantitative estimate of drug-likeness (QED) is 0.596. The van der Waals surface area contributed by atoms with Gasteiger partial charge in [0.2, 0.25) is 0 Å². The number of nitrogens with two attached hydrogens (primary N) is 1. The lowest BCUT2D eigenvalue weighted by molar-refractivity contribution is 0.113. The molecule has 11 heavy (non-hydrogen) atoms. The van der Waals surface area contributed by atoms with Crippen molar-refractivity contribution >= 4 is 0 Å². The van der Waals surface area contributed by atoms with Gasteiger partial charge in [-0.2, -0.15) is 0 Å². The van der Waals surface area contributed by atoms with Crippen molar-refractivity contribution in [1.82, 2.24) is 5.32 Å². The Morgan fingerprint density at radius 2 is 2.27 bits per heavy atom. The molecule has 0 aliphatic heterocycles. The fourth-order valence-electron chi connectivity index (χ4n) is 1.05. The molecule has 3 heteroatoms. The van der Waals surface area contributed by atoms with Crippen LogP contribution in [0.25, 0.3) is 0 Å². The van der Waals surface area contributed by atoms with Gasteiger partial charge in [0.1, 0.15) is 0 Å². The zero-order chi connectivity index (χ0) is 8.32. The summed E-state index contributed by atoms with van der Waals surface area (Å²) in [5.74, 6) is 0. The second-order valence-corrected chi connectivity index (χ2v) is 3.41. The summed E-state index contributed by atoms with van der Waals surface area (Å²) in [5.41, 5.74) is 5.86. The second-order valence-electron chi connectivity index (χ2n) is 3.41. The number of nitrogens with one attached hydrogen (secondary N) is 1. The van der Waals surface area contributed by atoms with Gasteiger partial charge in [0.25, 0.3) is 0 Å². The predicted molar refractivity (Wildman–Crippen MR) is 45.5 cm³/mol. The van der Waals surface area contributed by atoms with Crippen LogP contribution in [0, 0.1) is 0 Å². The van der Waals surface area contributed by atoms with E-state index in [1.54, 1.807) is 7.11 Å². The molecule has 3 nitrogen and oxygen atoms in total. The minimum atomic E-state index is 0.271. The van der Waals surface area contributed by atoms with Crippen molar-refractivity contribution in [2.75, 3.05) is 20.2 Å². The molecular weight excluding hydrogens is 140 g/mol. The Kier molecular flexibility index (Phi) is 2.87. The monoisotopic (exact) mass is 158 g/mol. The lowest BCUT2D eigenvalue weighted by atomic mass is 10.2. The van der Waals surface area contributed by atoms with Crippen LogP contribution in [0.2, 0.25) is 0 Å². The van der Waals surface area contributed by atoms with Crippen molar-refractivity contribution in [3.05, 3.63) is 0 Å². The van der Waals surface area contributed by atoms with Crippen LogP contribution in [0.5, 0.6) is 0 Å². The van der Waals surface area contributed by atoms with E-state index in [9.17, 15) is 0 Å². The molecule has 1 fully saturated rings. The first-order valence-electron chi connectivity index (χ1n) is 4.20. The standard InChI is InChI=1S/C8H18N2O/c1-7(11-2)5-10-8(6-9)3-4-8/h7,10H,3-6,9H2,1-2H3. The molecule has 1 aliphatic rings. The van der Waals surface area contributed by atoms with E-state index >= 15 is 0 Å². The van der Waals surface area contributed by atoms with Gasteiger partial charge in [0, 0.05) is 25.7 Å². The highest BCUT2D eigenvalue weighted by atomic mass is 16.5. The third kappa shape index (κ3) is 2.43. The van der Waals surface area contributed by atoms with Crippen LogP contribution in [0.3, 0.4) is 0 Å². The highest BCUT2D eigenvalue weighted by molar-refractivity contribution is 5.02. The molecule has 1 atom stereocenters. The molecule has 0 saturated heterocycles. The lowest BCUT2D eigenvalue weighted by Gasteiger charge is -2.17. The summed E-state index contributed by atoms with van der Waals surface area (Å²) in [6.07, 6.45) is 2.74. The van der Waals surface area contributed by atoms with Gasteiger partial charge in [-0.25, -0.2) is 0 Å². The van der Waals surface area contributed by atoms with Crippen molar-refractivity contribution in [2.24, 2.45) is 5.73 Å². The van der Waals surface area contributed by atoms with E-state index in [1.165, 1.54) is 12.8 Å². The molecular formula is C8H18N2O. The SMILES string of the molecule is COC(C)CNC1(CN)CC1. The molecule has 0 bridgehead atoms. The van der Waals surface area contributed by atoms with Gasteiger partial charge < -0.3 is 15.8 Å². The lowest BCUT2D eigenvalue weighted by Crippen LogP contribution is -2.42. The van der Waals surface area contributed by atoms with Crippen molar-refractivity contribution in [3.8, 4) is 0 Å². The van der Waals surface area contributed by atoms with Crippen LogP contribution < -0.4 is 11.1 Å². The van der Waals surface area contributed by atoms with Crippen LogP contribution in [0.15, 0.2) is 0 Å². The molecule has 3 N–H and O–H groups in total. The third-order valence-electron chi connectivity index (χ3n) is 2.41. The fraction of sp³-hybridized carbons (Fsp3) is 1.00. The minimum Gasteiger partial charge on any atom is -0.380 e. The largest absolute Gasteiger partial charge is 0.380 e. The number of ether oxygens (including phenoxy) is 1. The average Bonchev–Trinajstić information content (AvgIpc) is 2.81. The predicted octanol–water partition coefficient (Wildman–Crippen LogP) is 0.102. The van der Waals surface area contributed by atoms with E-state index in [1.807, 2.05) is 0 Å². The maximum atomic E-state index is 5.59. The van der Waals surface area contributed by atoms with Crippen molar-refractivity contribution in [3.63, 3.8) is 0 Å². The van der Waals surface area contributed by atoms with Crippen molar-refractivity contribution < 1.29 is 4.74 Å². The second kappa shape index (κ2) is 3.52. The number of hydrogen-bond donors (Lipinski definition) is 2. The Bertz CT molecular complexity index is 123. The number of rotatable bonds is 5. The van der Waals surface area contributed by atoms with E-state index in [-0.39, 0.29) is 5.54 Å². The number of methoxy groups -OCH3 is 1. The topological polar surface area (TPSA) is 47.3 Å². The summed E-state index contributed by atoms with van der Waals surface area (Å²) in [6, 6.07) is 0. The van der Waals surface area contributed by atoms with Gasteiger partial charge in [-0.3, -0.25) is 0 Å². The van der Waals surface area contributed by atoms with Crippen LogP contribution in [-0.2, 0) is 4.74 Å². The molecule has 0 aromatic rings. The van der Waals surface area contributed by atoms with E-state index < -0.39 is 0 Å². The highest BCUT2D eigenvalue weighted by Gasteiger charge is 2.40. The van der Waals surface area contributed by atoms with Gasteiger partial charge in [-0.1, -0.05) is 0 Å². The highest BCUT2D eigenvalue weighted by Crippen LogP contribution is 2.33. The zero-order valence-corrected chi connectivity index (χ0v) is 7.39. The molecule has 0 heterocycles. The molecule has 1 aliphatic carbocycles. The van der Waals surface area contributed by atoms with Crippen LogP contribution in [0.1, 0.15) is 19.8 Å².